The largest absolute Gasteiger partial charge is 0.379 e. The van der Waals surface area contributed by atoms with E-state index >= 15 is 0 Å². The summed E-state index contributed by atoms with van der Waals surface area (Å²) in [6.07, 6.45) is 3.54. The predicted octanol–water partition coefficient (Wildman–Crippen LogP) is 0.671. The number of nitrogens with zero attached hydrogens (tertiary/aromatic N) is 2. The Balaban J connectivity index is 0.00000220. The summed E-state index contributed by atoms with van der Waals surface area (Å²) in [5.41, 5.74) is 0.0296. The highest BCUT2D eigenvalue weighted by Crippen LogP contribution is 2.34. The summed E-state index contributed by atoms with van der Waals surface area (Å²) in [6.45, 7) is 6.52. The van der Waals surface area contributed by atoms with Crippen molar-refractivity contribution >= 4 is 29.9 Å². The number of morpholine rings is 1. The highest BCUT2D eigenvalue weighted by atomic mass is 127. The van der Waals surface area contributed by atoms with Crippen molar-refractivity contribution in [1.82, 2.24) is 15.5 Å². The van der Waals surface area contributed by atoms with Crippen molar-refractivity contribution in [2.75, 3.05) is 60.1 Å². The van der Waals surface area contributed by atoms with Crippen molar-refractivity contribution in [3.8, 4) is 0 Å². The van der Waals surface area contributed by atoms with E-state index in [1.807, 2.05) is 7.05 Å². The van der Waals surface area contributed by atoms with E-state index in [1.165, 1.54) is 6.42 Å². The smallest absolute Gasteiger partial charge is 0.191 e. The fourth-order valence-electron chi connectivity index (χ4n) is 2.65. The molecule has 1 heterocycles. The molecule has 0 aromatic heterocycles. The summed E-state index contributed by atoms with van der Waals surface area (Å²) in [4.78, 5) is 6.67. The van der Waals surface area contributed by atoms with E-state index in [2.05, 4.69) is 20.5 Å². The molecule has 6 nitrogen and oxygen atoms in total. The number of guanidine groups is 1. The minimum Gasteiger partial charge on any atom is -0.379 e. The molecule has 2 rings (SSSR count). The lowest BCUT2D eigenvalue weighted by molar-refractivity contribution is -0.0666. The van der Waals surface area contributed by atoms with E-state index in [1.54, 1.807) is 7.11 Å². The fraction of sp³-hybridized carbons (Fsp3) is 0.929. The Kier molecular flexibility index (Phi) is 8.84. The van der Waals surface area contributed by atoms with Gasteiger partial charge in [0.15, 0.2) is 5.96 Å². The Morgan fingerprint density at radius 3 is 2.52 bits per heavy atom. The van der Waals surface area contributed by atoms with E-state index in [4.69, 9.17) is 9.47 Å². The predicted molar refractivity (Wildman–Crippen MR) is 95.6 cm³/mol. The maximum atomic E-state index is 5.60. The molecule has 0 aromatic carbocycles. The van der Waals surface area contributed by atoms with Gasteiger partial charge in [0.05, 0.1) is 18.8 Å². The van der Waals surface area contributed by atoms with Crippen LogP contribution in [0.15, 0.2) is 4.99 Å². The summed E-state index contributed by atoms with van der Waals surface area (Å²) in [5, 5.41) is 6.73. The molecule has 0 unspecified atom stereocenters. The van der Waals surface area contributed by atoms with Crippen LogP contribution < -0.4 is 10.6 Å². The van der Waals surface area contributed by atoms with Gasteiger partial charge in [-0.2, -0.15) is 0 Å². The Morgan fingerprint density at radius 1 is 1.29 bits per heavy atom. The van der Waals surface area contributed by atoms with E-state index in [-0.39, 0.29) is 29.6 Å². The van der Waals surface area contributed by atoms with Gasteiger partial charge in [-0.25, -0.2) is 0 Å². The molecular formula is C14H29IN4O2. The van der Waals surface area contributed by atoms with Crippen LogP contribution in [0.5, 0.6) is 0 Å². The zero-order valence-corrected chi connectivity index (χ0v) is 15.5. The first-order valence-electron chi connectivity index (χ1n) is 7.58. The van der Waals surface area contributed by atoms with E-state index in [0.717, 1.165) is 64.7 Å². The molecule has 0 atom stereocenters. The second-order valence-corrected chi connectivity index (χ2v) is 5.55. The first-order chi connectivity index (χ1) is 9.78. The summed E-state index contributed by atoms with van der Waals surface area (Å²) < 4.78 is 10.9. The molecule has 1 aliphatic heterocycles. The van der Waals surface area contributed by atoms with Crippen LogP contribution in [0.1, 0.15) is 19.3 Å². The van der Waals surface area contributed by atoms with Gasteiger partial charge >= 0.3 is 0 Å². The highest BCUT2D eigenvalue weighted by molar-refractivity contribution is 14.0. The van der Waals surface area contributed by atoms with Crippen LogP contribution in [0.2, 0.25) is 0 Å². The second-order valence-electron chi connectivity index (χ2n) is 5.55. The van der Waals surface area contributed by atoms with Crippen LogP contribution >= 0.6 is 24.0 Å². The minimum absolute atomic E-state index is 0. The van der Waals surface area contributed by atoms with Crippen molar-refractivity contribution < 1.29 is 9.47 Å². The lowest BCUT2D eigenvalue weighted by atomic mass is 9.80. The molecule has 1 aliphatic carbocycles. The van der Waals surface area contributed by atoms with Crippen molar-refractivity contribution in [2.24, 2.45) is 4.99 Å². The second kappa shape index (κ2) is 9.81. The quantitative estimate of drug-likeness (QED) is 0.382. The number of hydrogen-bond donors (Lipinski definition) is 2. The third kappa shape index (κ3) is 5.88. The lowest BCUT2D eigenvalue weighted by Crippen LogP contribution is -2.52. The average molecular weight is 412 g/mol. The van der Waals surface area contributed by atoms with Gasteiger partial charge in [-0.05, 0) is 19.3 Å². The van der Waals surface area contributed by atoms with E-state index < -0.39 is 0 Å². The molecule has 1 saturated heterocycles. The molecule has 2 aliphatic rings. The van der Waals surface area contributed by atoms with Crippen LogP contribution in [0, 0.1) is 0 Å². The highest BCUT2D eigenvalue weighted by Gasteiger charge is 2.36. The van der Waals surface area contributed by atoms with Crippen molar-refractivity contribution in [3.05, 3.63) is 0 Å². The van der Waals surface area contributed by atoms with Gasteiger partial charge in [0, 0.05) is 46.9 Å². The van der Waals surface area contributed by atoms with Gasteiger partial charge in [0.2, 0.25) is 0 Å². The molecule has 0 amide bonds. The standard InChI is InChI=1S/C14H28N4O2.HI/c1-15-13(17-12-14(19-2)4-3-5-14)16-6-7-18-8-10-20-11-9-18;/h3-12H2,1-2H3,(H2,15,16,17);1H. The van der Waals surface area contributed by atoms with Crippen LogP contribution in [-0.4, -0.2) is 76.6 Å². The Bertz CT molecular complexity index is 313. The summed E-state index contributed by atoms with van der Waals surface area (Å²) in [5.74, 6) is 0.863. The average Bonchev–Trinajstić information content (AvgIpc) is 2.45. The van der Waals surface area contributed by atoms with Crippen LogP contribution in [0.25, 0.3) is 0 Å². The van der Waals surface area contributed by atoms with Gasteiger partial charge in [0.1, 0.15) is 0 Å². The van der Waals surface area contributed by atoms with Gasteiger partial charge < -0.3 is 20.1 Å². The molecular weight excluding hydrogens is 383 g/mol. The maximum Gasteiger partial charge on any atom is 0.191 e. The van der Waals surface area contributed by atoms with Crippen LogP contribution in [-0.2, 0) is 9.47 Å². The molecule has 124 valence electrons. The molecule has 1 saturated carbocycles. The zero-order chi connectivity index (χ0) is 14.3. The normalized spacial score (nSPS) is 22.1. The molecule has 2 fully saturated rings. The van der Waals surface area contributed by atoms with E-state index in [9.17, 15) is 0 Å². The third-order valence-electron chi connectivity index (χ3n) is 4.32. The van der Waals surface area contributed by atoms with Gasteiger partial charge in [-0.15, -0.1) is 24.0 Å². The van der Waals surface area contributed by atoms with Crippen molar-refractivity contribution in [1.29, 1.82) is 0 Å². The topological polar surface area (TPSA) is 58.1 Å². The van der Waals surface area contributed by atoms with Crippen LogP contribution in [0.4, 0.5) is 0 Å². The Labute approximate surface area is 145 Å². The molecule has 0 radical (unpaired) electrons. The number of halogens is 1. The fourth-order valence-corrected chi connectivity index (χ4v) is 2.65. The van der Waals surface area contributed by atoms with Crippen LogP contribution in [0.3, 0.4) is 0 Å². The summed E-state index contributed by atoms with van der Waals surface area (Å²) in [7, 11) is 3.61. The van der Waals surface area contributed by atoms with Gasteiger partial charge in [0.25, 0.3) is 0 Å². The number of nitrogens with one attached hydrogen (secondary N) is 2. The SMILES string of the molecule is CN=C(NCCN1CCOCC1)NCC1(OC)CCC1.I. The summed E-state index contributed by atoms with van der Waals surface area (Å²) in [6, 6.07) is 0. The first-order valence-corrected chi connectivity index (χ1v) is 7.58. The molecule has 21 heavy (non-hydrogen) atoms. The number of aliphatic imine (C=N–C) groups is 1. The number of rotatable bonds is 6. The zero-order valence-electron chi connectivity index (χ0n) is 13.2. The monoisotopic (exact) mass is 412 g/mol. The molecule has 7 heteroatoms. The lowest BCUT2D eigenvalue weighted by Gasteiger charge is -2.40. The van der Waals surface area contributed by atoms with Gasteiger partial charge in [-0.3, -0.25) is 9.89 Å². The number of methoxy groups -OCH3 is 1. The molecule has 0 spiro atoms. The van der Waals surface area contributed by atoms with Crippen molar-refractivity contribution in [2.45, 2.75) is 24.9 Å². The molecule has 0 bridgehead atoms. The Hall–Kier alpha value is -0.120. The first kappa shape index (κ1) is 18.9. The summed E-state index contributed by atoms with van der Waals surface area (Å²) >= 11 is 0. The minimum atomic E-state index is 0. The van der Waals surface area contributed by atoms with E-state index in [0.29, 0.717) is 0 Å². The molecule has 2 N–H and O–H groups in total. The maximum absolute atomic E-state index is 5.60. The third-order valence-corrected chi connectivity index (χ3v) is 4.32. The number of ether oxygens (including phenoxy) is 2. The Morgan fingerprint density at radius 2 is 2.00 bits per heavy atom. The van der Waals surface area contributed by atoms with Crippen molar-refractivity contribution in [3.63, 3.8) is 0 Å². The molecule has 0 aromatic rings. The number of hydrogen-bond acceptors (Lipinski definition) is 4. The van der Waals surface area contributed by atoms with Gasteiger partial charge in [-0.1, -0.05) is 0 Å².